The molecule has 57 heavy (non-hydrogen) atoms. The molecule has 0 unspecified atom stereocenters. The van der Waals surface area contributed by atoms with E-state index in [9.17, 15) is 0 Å². The van der Waals surface area contributed by atoms with Crippen LogP contribution < -0.4 is 0 Å². The molecule has 266 valence electrons. The second-order valence-corrected chi connectivity index (χ2v) is 14.2. The SMILES string of the molecule is c1ccc(-c2nc(-c3ccccc3-c3ccnc4cccc(-c5cccc(-n6c7ccccc7c7ccccc76)c5)c34)nc(-c3cccc4ccccc34)n2)cc1. The highest BCUT2D eigenvalue weighted by molar-refractivity contribution is 6.10. The van der Waals surface area contributed by atoms with Crippen LogP contribution in [0.15, 0.2) is 200 Å². The smallest absolute Gasteiger partial charge is 0.164 e. The van der Waals surface area contributed by atoms with Crippen LogP contribution in [0, 0.1) is 0 Å². The molecule has 0 N–H and O–H groups in total. The number of para-hydroxylation sites is 2. The van der Waals surface area contributed by atoms with Crippen LogP contribution in [-0.2, 0) is 0 Å². The number of fused-ring (bicyclic) bond motifs is 5. The molecule has 0 fully saturated rings. The van der Waals surface area contributed by atoms with Crippen molar-refractivity contribution >= 4 is 43.5 Å². The Morgan fingerprint density at radius 1 is 0.351 bits per heavy atom. The highest BCUT2D eigenvalue weighted by Crippen LogP contribution is 2.41. The highest BCUT2D eigenvalue weighted by Gasteiger charge is 2.20. The molecule has 8 aromatic carbocycles. The summed E-state index contributed by atoms with van der Waals surface area (Å²) in [5, 5.41) is 5.78. The predicted molar refractivity (Wildman–Crippen MR) is 234 cm³/mol. The molecular weight excluding hydrogens is 695 g/mol. The first kappa shape index (κ1) is 32.7. The van der Waals surface area contributed by atoms with Gasteiger partial charge in [-0.05, 0) is 69.4 Å². The van der Waals surface area contributed by atoms with Crippen LogP contribution in [0.4, 0.5) is 0 Å². The molecule has 11 rings (SSSR count). The van der Waals surface area contributed by atoms with E-state index in [1.54, 1.807) is 0 Å². The highest BCUT2D eigenvalue weighted by atomic mass is 15.0. The lowest BCUT2D eigenvalue weighted by molar-refractivity contribution is 1.08. The van der Waals surface area contributed by atoms with Crippen molar-refractivity contribution in [2.75, 3.05) is 0 Å². The predicted octanol–water partition coefficient (Wildman–Crippen LogP) is 13.0. The number of rotatable bonds is 6. The summed E-state index contributed by atoms with van der Waals surface area (Å²) in [6.07, 6.45) is 1.90. The van der Waals surface area contributed by atoms with Gasteiger partial charge < -0.3 is 4.57 Å². The van der Waals surface area contributed by atoms with Crippen molar-refractivity contribution in [3.63, 3.8) is 0 Å². The monoisotopic (exact) mass is 727 g/mol. The van der Waals surface area contributed by atoms with Gasteiger partial charge in [0.25, 0.3) is 0 Å². The van der Waals surface area contributed by atoms with Gasteiger partial charge in [-0.15, -0.1) is 0 Å². The molecule has 5 heteroatoms. The minimum atomic E-state index is 0.609. The number of nitrogens with zero attached hydrogens (tertiary/aromatic N) is 5. The van der Waals surface area contributed by atoms with Crippen LogP contribution >= 0.6 is 0 Å². The standard InChI is InChI=1S/C52H33N5/c1-2-16-35(17-3-1)50-54-51(44-27-13-18-34-15-4-5-21-38(34)44)56-52(55-50)45-25-7-6-22-40(45)43-31-32-53-46-28-14-26-39(49(43)46)36-19-12-20-37(33-36)57-47-29-10-8-23-41(47)42-24-9-11-30-48(42)57/h1-33H. The first-order valence-corrected chi connectivity index (χ1v) is 19.1. The van der Waals surface area contributed by atoms with Crippen LogP contribution in [0.2, 0.25) is 0 Å². The normalized spacial score (nSPS) is 11.5. The van der Waals surface area contributed by atoms with Crippen molar-refractivity contribution in [1.29, 1.82) is 0 Å². The Morgan fingerprint density at radius 2 is 0.912 bits per heavy atom. The van der Waals surface area contributed by atoms with Crippen molar-refractivity contribution in [3.8, 4) is 62.1 Å². The van der Waals surface area contributed by atoms with Crippen LogP contribution in [0.5, 0.6) is 0 Å². The fourth-order valence-electron chi connectivity index (χ4n) is 8.35. The Bertz CT molecular complexity index is 3250. The van der Waals surface area contributed by atoms with E-state index in [-0.39, 0.29) is 0 Å². The number of hydrogen-bond acceptors (Lipinski definition) is 4. The third-order valence-electron chi connectivity index (χ3n) is 10.9. The Morgan fingerprint density at radius 3 is 1.72 bits per heavy atom. The van der Waals surface area contributed by atoms with Crippen molar-refractivity contribution in [2.45, 2.75) is 0 Å². The first-order valence-electron chi connectivity index (χ1n) is 19.1. The maximum absolute atomic E-state index is 5.25. The van der Waals surface area contributed by atoms with E-state index < -0.39 is 0 Å². The van der Waals surface area contributed by atoms with Gasteiger partial charge in [0.1, 0.15) is 0 Å². The average molecular weight is 728 g/mol. The van der Waals surface area contributed by atoms with Crippen molar-refractivity contribution < 1.29 is 0 Å². The van der Waals surface area contributed by atoms with E-state index in [1.165, 1.54) is 21.8 Å². The molecule has 0 spiro atoms. The molecule has 0 saturated heterocycles. The third-order valence-corrected chi connectivity index (χ3v) is 10.9. The van der Waals surface area contributed by atoms with Gasteiger partial charge in [-0.1, -0.05) is 158 Å². The lowest BCUT2D eigenvalue weighted by Crippen LogP contribution is -2.01. The Balaban J connectivity index is 1.11. The molecular formula is C52H33N5. The van der Waals surface area contributed by atoms with Gasteiger partial charge in [-0.3, -0.25) is 4.98 Å². The fourth-order valence-corrected chi connectivity index (χ4v) is 8.35. The summed E-state index contributed by atoms with van der Waals surface area (Å²) >= 11 is 0. The molecule has 0 saturated carbocycles. The third kappa shape index (κ3) is 5.56. The molecule has 3 heterocycles. The van der Waals surface area contributed by atoms with Crippen LogP contribution in [-0.4, -0.2) is 24.5 Å². The molecule has 0 bridgehead atoms. The van der Waals surface area contributed by atoms with Crippen LogP contribution in [0.25, 0.3) is 106 Å². The second kappa shape index (κ2) is 13.5. The minimum absolute atomic E-state index is 0.609. The molecule has 0 amide bonds. The molecule has 11 aromatic rings. The second-order valence-electron chi connectivity index (χ2n) is 14.2. The van der Waals surface area contributed by atoms with Gasteiger partial charge in [0, 0.05) is 44.7 Å². The Kier molecular flexibility index (Phi) is 7.74. The average Bonchev–Trinajstić information content (AvgIpc) is 3.63. The summed E-state index contributed by atoms with van der Waals surface area (Å²) in [7, 11) is 0. The van der Waals surface area contributed by atoms with Gasteiger partial charge >= 0.3 is 0 Å². The zero-order valence-electron chi connectivity index (χ0n) is 30.8. The lowest BCUT2D eigenvalue weighted by Gasteiger charge is -2.16. The van der Waals surface area contributed by atoms with E-state index in [1.807, 2.05) is 36.5 Å². The maximum Gasteiger partial charge on any atom is 0.164 e. The van der Waals surface area contributed by atoms with E-state index in [0.717, 1.165) is 66.3 Å². The summed E-state index contributed by atoms with van der Waals surface area (Å²) < 4.78 is 2.37. The molecule has 0 aliphatic heterocycles. The molecule has 0 aliphatic rings. The van der Waals surface area contributed by atoms with Crippen molar-refractivity contribution in [2.24, 2.45) is 0 Å². The first-order chi connectivity index (χ1) is 28.3. The van der Waals surface area contributed by atoms with E-state index in [0.29, 0.717) is 17.5 Å². The topological polar surface area (TPSA) is 56.5 Å². The molecule has 5 nitrogen and oxygen atoms in total. The van der Waals surface area contributed by atoms with Gasteiger partial charge in [-0.25, -0.2) is 15.0 Å². The van der Waals surface area contributed by atoms with Crippen LogP contribution in [0.3, 0.4) is 0 Å². The summed E-state index contributed by atoms with van der Waals surface area (Å²) in [5.74, 6) is 1.87. The molecule has 0 aliphatic carbocycles. The van der Waals surface area contributed by atoms with Crippen LogP contribution in [0.1, 0.15) is 0 Å². The van der Waals surface area contributed by atoms with E-state index in [2.05, 4.69) is 168 Å². The van der Waals surface area contributed by atoms with Gasteiger partial charge in [0.2, 0.25) is 0 Å². The number of pyridine rings is 1. The van der Waals surface area contributed by atoms with Gasteiger partial charge in [-0.2, -0.15) is 0 Å². The minimum Gasteiger partial charge on any atom is -0.309 e. The zero-order chi connectivity index (χ0) is 37.7. The zero-order valence-corrected chi connectivity index (χ0v) is 30.8. The van der Waals surface area contributed by atoms with Crippen molar-refractivity contribution in [3.05, 3.63) is 200 Å². The van der Waals surface area contributed by atoms with E-state index in [4.69, 9.17) is 19.9 Å². The summed E-state index contributed by atoms with van der Waals surface area (Å²) in [5.41, 5.74) is 11.5. The number of hydrogen-bond donors (Lipinski definition) is 0. The fraction of sp³-hybridized carbons (Fsp3) is 0. The van der Waals surface area contributed by atoms with Gasteiger partial charge in [0.15, 0.2) is 17.5 Å². The largest absolute Gasteiger partial charge is 0.309 e. The van der Waals surface area contributed by atoms with E-state index >= 15 is 0 Å². The summed E-state index contributed by atoms with van der Waals surface area (Å²) in [6.45, 7) is 0. The Labute approximate surface area is 329 Å². The maximum atomic E-state index is 5.25. The molecule has 0 atom stereocenters. The quantitative estimate of drug-likeness (QED) is 0.171. The number of benzene rings is 8. The summed E-state index contributed by atoms with van der Waals surface area (Å²) in [6, 6.07) is 67.9. The molecule has 3 aromatic heterocycles. The molecule has 0 radical (unpaired) electrons. The van der Waals surface area contributed by atoms with Gasteiger partial charge in [0.05, 0.1) is 16.6 Å². The Hall–Kier alpha value is -7.76. The summed E-state index contributed by atoms with van der Waals surface area (Å²) in [4.78, 5) is 20.4. The lowest BCUT2D eigenvalue weighted by atomic mass is 9.91. The number of aromatic nitrogens is 5. The van der Waals surface area contributed by atoms with Crippen molar-refractivity contribution in [1.82, 2.24) is 24.5 Å².